The summed E-state index contributed by atoms with van der Waals surface area (Å²) in [5.41, 5.74) is -3.15. The Balaban J connectivity index is 1.46. The highest BCUT2D eigenvalue weighted by Crippen LogP contribution is 2.53. The van der Waals surface area contributed by atoms with Crippen LogP contribution in [0.2, 0.25) is 5.02 Å². The zero-order chi connectivity index (χ0) is 33.2. The molecule has 2 aromatic heterocycles. The van der Waals surface area contributed by atoms with Crippen LogP contribution in [0.4, 0.5) is 0 Å². The molecular formula is C32H28ClN3O10. The monoisotopic (exact) mass is 649 g/mol. The van der Waals surface area contributed by atoms with E-state index in [9.17, 15) is 24.0 Å². The molecule has 0 N–H and O–H groups in total. The third kappa shape index (κ3) is 4.21. The van der Waals surface area contributed by atoms with E-state index in [1.807, 2.05) is 0 Å². The average Bonchev–Trinajstić information content (AvgIpc) is 3.38. The maximum absolute atomic E-state index is 14.3. The summed E-state index contributed by atoms with van der Waals surface area (Å²) in [6.07, 6.45) is 0.100. The number of rotatable bonds is 7. The maximum Gasteiger partial charge on any atom is 0.332 e. The van der Waals surface area contributed by atoms with Crippen LogP contribution in [0.5, 0.6) is 28.7 Å². The Labute approximate surface area is 266 Å². The van der Waals surface area contributed by atoms with Gasteiger partial charge in [-0.2, -0.15) is 0 Å². The molecule has 2 aliphatic rings. The molecule has 2 atom stereocenters. The molecule has 0 saturated carbocycles. The Hall–Kier alpha value is -5.17. The van der Waals surface area contributed by atoms with Crippen molar-refractivity contribution in [3.05, 3.63) is 78.6 Å². The molecule has 13 nitrogen and oxygen atoms in total. The Morgan fingerprint density at radius 3 is 2.28 bits per heavy atom. The number of halogens is 1. The van der Waals surface area contributed by atoms with Crippen molar-refractivity contribution in [3.8, 4) is 28.7 Å². The average molecular weight is 650 g/mol. The predicted molar refractivity (Wildman–Crippen MR) is 165 cm³/mol. The van der Waals surface area contributed by atoms with Crippen LogP contribution in [0.1, 0.15) is 43.7 Å². The van der Waals surface area contributed by atoms with Crippen molar-refractivity contribution >= 4 is 40.0 Å². The number of benzene rings is 2. The first-order valence-electron chi connectivity index (χ1n) is 14.0. The minimum absolute atomic E-state index is 0.00277. The lowest BCUT2D eigenvalue weighted by atomic mass is 9.71. The fourth-order valence-corrected chi connectivity index (χ4v) is 6.39. The molecule has 238 valence electrons. The van der Waals surface area contributed by atoms with Gasteiger partial charge < -0.3 is 23.7 Å². The second-order valence-electron chi connectivity index (χ2n) is 11.0. The van der Waals surface area contributed by atoms with Crippen LogP contribution >= 0.6 is 11.6 Å². The van der Waals surface area contributed by atoms with E-state index in [1.54, 1.807) is 6.92 Å². The lowest BCUT2D eigenvalue weighted by molar-refractivity contribution is 0.0257. The summed E-state index contributed by atoms with van der Waals surface area (Å²) in [6.45, 7) is 1.07. The van der Waals surface area contributed by atoms with Crippen molar-refractivity contribution in [2.75, 3.05) is 28.4 Å². The van der Waals surface area contributed by atoms with E-state index in [-0.39, 0.29) is 62.1 Å². The highest BCUT2D eigenvalue weighted by Gasteiger charge is 2.62. The van der Waals surface area contributed by atoms with Gasteiger partial charge in [-0.05, 0) is 30.7 Å². The molecule has 1 spiro atoms. The Morgan fingerprint density at radius 2 is 1.63 bits per heavy atom. The normalized spacial score (nSPS) is 18.3. The number of fused-ring (bicyclic) bond motifs is 3. The van der Waals surface area contributed by atoms with E-state index in [0.717, 1.165) is 9.13 Å². The van der Waals surface area contributed by atoms with Gasteiger partial charge in [0.25, 0.3) is 5.56 Å². The highest BCUT2D eigenvalue weighted by molar-refractivity contribution is 6.36. The van der Waals surface area contributed by atoms with Gasteiger partial charge in [0.15, 0.2) is 23.0 Å². The summed E-state index contributed by atoms with van der Waals surface area (Å²) in [7, 11) is 7.04. The number of pyridine rings is 1. The first kappa shape index (κ1) is 30.8. The van der Waals surface area contributed by atoms with Gasteiger partial charge in [-0.1, -0.05) is 18.5 Å². The van der Waals surface area contributed by atoms with Gasteiger partial charge in [0.1, 0.15) is 27.7 Å². The molecule has 1 aliphatic carbocycles. The van der Waals surface area contributed by atoms with Crippen molar-refractivity contribution in [2.24, 2.45) is 13.0 Å². The van der Waals surface area contributed by atoms with Crippen molar-refractivity contribution < 1.29 is 38.1 Å². The molecule has 6 rings (SSSR count). The number of Topliss-reactive ketones (excluding diaryl/α,β-unsaturated/α-hetero) is 3. The van der Waals surface area contributed by atoms with Crippen molar-refractivity contribution in [2.45, 2.75) is 25.5 Å². The molecule has 0 fully saturated rings. The molecule has 46 heavy (non-hydrogen) atoms. The number of carbonyl (C=O) groups is 3. The Kier molecular flexibility index (Phi) is 7.39. The minimum Gasteiger partial charge on any atom is -0.496 e. The Morgan fingerprint density at radius 1 is 0.957 bits per heavy atom. The quantitative estimate of drug-likeness (QED) is 0.214. The van der Waals surface area contributed by atoms with Crippen molar-refractivity contribution in [1.29, 1.82) is 0 Å². The molecule has 2 aromatic carbocycles. The van der Waals surface area contributed by atoms with E-state index >= 15 is 0 Å². The highest BCUT2D eigenvalue weighted by atomic mass is 35.5. The zero-order valence-corrected chi connectivity index (χ0v) is 26.4. The van der Waals surface area contributed by atoms with Crippen LogP contribution in [0.3, 0.4) is 0 Å². The molecule has 4 aromatic rings. The lowest BCUT2D eigenvalue weighted by Crippen LogP contribution is -2.57. The number of methoxy groups -OCH3 is 4. The third-order valence-electron chi connectivity index (χ3n) is 8.59. The van der Waals surface area contributed by atoms with Crippen LogP contribution < -0.4 is 34.9 Å². The summed E-state index contributed by atoms with van der Waals surface area (Å²) in [5.74, 6) is -1.67. The fourth-order valence-electron chi connectivity index (χ4n) is 6.13. The van der Waals surface area contributed by atoms with E-state index in [0.29, 0.717) is 11.5 Å². The van der Waals surface area contributed by atoms with Gasteiger partial charge >= 0.3 is 5.69 Å². The molecule has 0 amide bonds. The fraction of sp³-hybridized carbons (Fsp3) is 0.312. The van der Waals surface area contributed by atoms with Crippen LogP contribution in [-0.2, 0) is 20.0 Å². The standard InChI is InChI=1S/C32H28ClN3O10/c1-14-9-18-16(27(38)32(14)28(39)24-22(44-5)12-23(45-6)25(33)26(24)46-32)11-17-29(34-18)35(2)31(41)36(30(17)40)13-19(37)15-7-8-20(42-3)21(10-15)43-4/h7-8,10-12,14H,9,13H2,1-6H3. The van der Waals surface area contributed by atoms with E-state index in [4.69, 9.17) is 35.3 Å². The summed E-state index contributed by atoms with van der Waals surface area (Å²) in [4.78, 5) is 73.2. The molecule has 1 aliphatic heterocycles. The van der Waals surface area contributed by atoms with Gasteiger partial charge in [0, 0.05) is 30.2 Å². The van der Waals surface area contributed by atoms with Crippen molar-refractivity contribution in [1.82, 2.24) is 14.1 Å². The smallest absolute Gasteiger partial charge is 0.332 e. The van der Waals surface area contributed by atoms with Crippen LogP contribution in [0, 0.1) is 5.92 Å². The first-order chi connectivity index (χ1) is 21.9. The number of ketones is 3. The number of nitrogens with zero attached hydrogens (tertiary/aromatic N) is 3. The number of ether oxygens (including phenoxy) is 5. The molecule has 0 saturated heterocycles. The number of hydrogen-bond acceptors (Lipinski definition) is 11. The van der Waals surface area contributed by atoms with Crippen molar-refractivity contribution in [3.63, 3.8) is 0 Å². The minimum atomic E-state index is -2.02. The maximum atomic E-state index is 14.3. The van der Waals surface area contributed by atoms with E-state index < -0.39 is 46.7 Å². The second kappa shape index (κ2) is 11.0. The second-order valence-corrected chi connectivity index (χ2v) is 11.4. The third-order valence-corrected chi connectivity index (χ3v) is 8.95. The molecule has 2 unspecified atom stereocenters. The van der Waals surface area contributed by atoms with E-state index in [2.05, 4.69) is 4.98 Å². The van der Waals surface area contributed by atoms with Crippen LogP contribution in [-0.4, -0.2) is 65.5 Å². The van der Waals surface area contributed by atoms with Gasteiger partial charge in [0.2, 0.25) is 17.2 Å². The SMILES string of the molecule is COc1ccc(C(=O)Cn2c(=O)c3cc4c(nc3n(C)c2=O)CC(C)C2(Oc3c(Cl)c(OC)cc(OC)c3C2=O)C4=O)cc1OC. The van der Waals surface area contributed by atoms with Gasteiger partial charge in [-0.25, -0.2) is 9.78 Å². The summed E-state index contributed by atoms with van der Waals surface area (Å²) in [5, 5.41) is -0.0951. The zero-order valence-electron chi connectivity index (χ0n) is 25.7. The van der Waals surface area contributed by atoms with Gasteiger partial charge in [-0.15, -0.1) is 0 Å². The largest absolute Gasteiger partial charge is 0.496 e. The first-order valence-corrected chi connectivity index (χ1v) is 14.4. The number of aromatic nitrogens is 3. The summed E-state index contributed by atoms with van der Waals surface area (Å²) < 4.78 is 29.3. The van der Waals surface area contributed by atoms with Gasteiger partial charge in [-0.3, -0.25) is 28.3 Å². The number of carbonyl (C=O) groups excluding carboxylic acids is 3. The molecular weight excluding hydrogens is 622 g/mol. The van der Waals surface area contributed by atoms with Crippen LogP contribution in [0.25, 0.3) is 11.0 Å². The molecule has 3 heterocycles. The topological polar surface area (TPSA) is 154 Å². The molecule has 0 bridgehead atoms. The van der Waals surface area contributed by atoms with Crippen LogP contribution in [0.15, 0.2) is 39.9 Å². The molecule has 14 heteroatoms. The lowest BCUT2D eigenvalue weighted by Gasteiger charge is -2.36. The summed E-state index contributed by atoms with van der Waals surface area (Å²) in [6, 6.07) is 7.21. The van der Waals surface area contributed by atoms with Gasteiger partial charge in [0.05, 0.1) is 46.1 Å². The Bertz CT molecular complexity index is 2140. The number of hydrogen-bond donors (Lipinski definition) is 0. The molecule has 0 radical (unpaired) electrons. The number of aryl methyl sites for hydroxylation is 1. The predicted octanol–water partition coefficient (Wildman–Crippen LogP) is 3.05. The summed E-state index contributed by atoms with van der Waals surface area (Å²) >= 11 is 6.51. The van der Waals surface area contributed by atoms with E-state index in [1.165, 1.54) is 65.8 Å².